The van der Waals surface area contributed by atoms with Crippen molar-refractivity contribution in [2.75, 3.05) is 65.9 Å². The maximum absolute atomic E-state index is 14.1. The number of nitrogens with one attached hydrogen (secondary N) is 3. The minimum atomic E-state index is -5.60. The third-order valence-corrected chi connectivity index (χ3v) is 16.6. The van der Waals surface area contributed by atoms with Crippen molar-refractivity contribution in [1.82, 2.24) is 30.9 Å². The van der Waals surface area contributed by atoms with E-state index in [4.69, 9.17) is 33.2 Å². The number of carboxylic acid groups (broad SMARTS) is 1. The summed E-state index contributed by atoms with van der Waals surface area (Å²) in [6.45, 7) is -1.24. The van der Waals surface area contributed by atoms with Gasteiger partial charge >= 0.3 is 118 Å². The molecular weight excluding hydrogens is 1340 g/mol. The average molecular weight is 1420 g/mol. The van der Waals surface area contributed by atoms with Crippen molar-refractivity contribution < 1.29 is 257 Å². The van der Waals surface area contributed by atoms with Crippen LogP contribution in [0, 0.1) is 17.8 Å². The smallest absolute Gasteiger partial charge is 0.726 e. The number of ketones is 1. The molecular formula is C49H78N6Na4O30S3. The van der Waals surface area contributed by atoms with Crippen molar-refractivity contribution >= 4 is 60.7 Å². The molecule has 36 nitrogen and oxygen atoms in total. The minimum Gasteiger partial charge on any atom is -0.726 e. The van der Waals surface area contributed by atoms with E-state index in [-0.39, 0.29) is 208 Å². The first kappa shape index (κ1) is 89.8. The van der Waals surface area contributed by atoms with E-state index < -0.39 is 184 Å². The fourth-order valence-corrected chi connectivity index (χ4v) is 11.8. The number of hydrogen-bond donors (Lipinski definition) is 8. The largest absolute Gasteiger partial charge is 1.00 e. The Kier molecular flexibility index (Phi) is 41.8. The second-order valence-electron chi connectivity index (χ2n) is 21.8. The van der Waals surface area contributed by atoms with E-state index >= 15 is 0 Å². The first-order chi connectivity index (χ1) is 41.3. The number of aromatic nitrogens is 3. The van der Waals surface area contributed by atoms with E-state index in [0.29, 0.717) is 17.3 Å². The molecule has 1 aromatic rings. The molecule has 4 fully saturated rings. The number of hydrogen-bond acceptors (Lipinski definition) is 32. The first-order valence-corrected chi connectivity index (χ1v) is 32.4. The predicted octanol–water partition coefficient (Wildman–Crippen LogP) is -17.9. The fraction of sp³-hybridized carbons (Fsp3) is 0.857. The van der Waals surface area contributed by atoms with Gasteiger partial charge in [-0.1, -0.05) is 50.7 Å². The summed E-state index contributed by atoms with van der Waals surface area (Å²) in [6.07, 6.45) is -11.7. The van der Waals surface area contributed by atoms with E-state index in [2.05, 4.69) is 38.8 Å². The van der Waals surface area contributed by atoms with Crippen molar-refractivity contribution in [3.8, 4) is 0 Å². The number of amides is 3. The molecule has 2 saturated heterocycles. The third-order valence-electron chi connectivity index (χ3n) is 15.3. The standard InChI is InChI=1S/C49H82N6O30S3.4Na/c1-4-30-20-31(21-34(43(30)85-48-42(63)41(62)39(60)27(2)81-48)83-47-38(52-28(3)57)44(40(61)36(23-56)84-47)82-35(46(65)66)19-29-9-6-5-7-10-29)33(58)11-8-13-50-37(59)12-15-76-17-18-77-16-14-51-45(64)32-22-55(54-53-32)49(24-78-86(67,68)69,25-79-87(70,71)72)26-80-88(73,74)75;;;;/h22,27,29-31,34-36,38-44,47-48,56,60-63H,4-21,23-26H2,1-3H3,(H,50,59)(H,51,64)(H,52,57)(H,65,66)(H,67,68,69)(H,70,71,72)(H,73,74,75);;;;/q;4*+1/p-4/t27?,30?,31?,34-,35+,36+,38?,39-,40+,41+,42?,43-,44?,47-,48+;;;;/m1..../s1. The molecule has 3 heterocycles. The molecule has 4 aliphatic rings. The van der Waals surface area contributed by atoms with Crippen molar-refractivity contribution in [2.24, 2.45) is 17.8 Å². The van der Waals surface area contributed by atoms with E-state index in [1.807, 2.05) is 6.92 Å². The van der Waals surface area contributed by atoms with Crippen LogP contribution in [0.2, 0.25) is 0 Å². The molecule has 0 radical (unpaired) electrons. The van der Waals surface area contributed by atoms with Crippen LogP contribution >= 0.6 is 0 Å². The van der Waals surface area contributed by atoms with Gasteiger partial charge in [-0.3, -0.25) is 31.7 Å². The van der Waals surface area contributed by atoms with Gasteiger partial charge in [0.1, 0.15) is 54.0 Å². The maximum Gasteiger partial charge on any atom is 1.00 e. The molecule has 6 unspecified atom stereocenters. The minimum absolute atomic E-state index is 0. The Morgan fingerprint density at radius 1 is 0.750 bits per heavy atom. The summed E-state index contributed by atoms with van der Waals surface area (Å²) < 4.78 is 155. The van der Waals surface area contributed by atoms with Gasteiger partial charge in [-0.05, 0) is 44.4 Å². The van der Waals surface area contributed by atoms with E-state index in [1.54, 1.807) is 0 Å². The van der Waals surface area contributed by atoms with Gasteiger partial charge in [-0.15, -0.1) is 5.10 Å². The SMILES string of the molecule is CCC1CC(C(=O)CCCNC(=O)CCOCCOCCNC(=O)c2cn(C(COS(=O)(=O)[O-])(COS(=O)(=O)[O-])COS(=O)(=O)[O-])nn2)C[C@@H](O[C@@H]2O[C@@H](CO)[C@H](O)C(O[C@@H](CC3CCCCC3)C(=O)[O-])C2NC(C)=O)[C@@H]1O[C@@H]1OC(C)[C@@H](O)[C@H](O)C1O.[Na+].[Na+].[Na+].[Na+]. The molecule has 2 aliphatic carbocycles. The van der Waals surface area contributed by atoms with Crippen LogP contribution in [-0.4, -0.2) is 255 Å². The predicted molar refractivity (Wildman–Crippen MR) is 284 cm³/mol. The number of carbonyl (C=O) groups excluding carboxylic acids is 5. The van der Waals surface area contributed by atoms with Crippen LogP contribution in [-0.2, 0) is 102 Å². The monoisotopic (exact) mass is 1420 g/mol. The molecule has 15 atom stereocenters. The molecule has 5 rings (SSSR count). The summed E-state index contributed by atoms with van der Waals surface area (Å²) >= 11 is 0. The van der Waals surface area contributed by atoms with Gasteiger partial charge in [0, 0.05) is 38.8 Å². The Balaban J connectivity index is 0.0000106. The van der Waals surface area contributed by atoms with Crippen LogP contribution < -0.4 is 139 Å². The molecule has 92 heavy (non-hydrogen) atoms. The van der Waals surface area contributed by atoms with Gasteiger partial charge in [-0.25, -0.2) is 29.9 Å². The van der Waals surface area contributed by atoms with Crippen LogP contribution in [0.1, 0.15) is 108 Å². The number of carbonyl (C=O) groups is 5. The van der Waals surface area contributed by atoms with Crippen LogP contribution in [0.25, 0.3) is 0 Å². The van der Waals surface area contributed by atoms with Gasteiger partial charge in [0.15, 0.2) is 18.3 Å². The second-order valence-corrected chi connectivity index (χ2v) is 25.0. The Bertz CT molecular complexity index is 2690. The van der Waals surface area contributed by atoms with Gasteiger partial charge in [0.2, 0.25) is 43.0 Å². The summed E-state index contributed by atoms with van der Waals surface area (Å²) in [4.78, 5) is 64.9. The first-order valence-electron chi connectivity index (χ1n) is 28.4. The molecule has 0 bridgehead atoms. The van der Waals surface area contributed by atoms with Crippen molar-refractivity contribution in [3.63, 3.8) is 0 Å². The van der Waals surface area contributed by atoms with Crippen LogP contribution in [0.3, 0.4) is 0 Å². The summed E-state index contributed by atoms with van der Waals surface area (Å²) in [5.74, 6) is -5.06. The molecule has 0 spiro atoms. The topological polar surface area (TPSA) is 540 Å². The van der Waals surface area contributed by atoms with Gasteiger partial charge in [0.25, 0.3) is 5.91 Å². The molecule has 2 aliphatic heterocycles. The zero-order valence-corrected chi connectivity index (χ0v) is 62.8. The number of ether oxygens (including phenoxy) is 7. The van der Waals surface area contributed by atoms with Crippen molar-refractivity contribution in [1.29, 1.82) is 0 Å². The zero-order chi connectivity index (χ0) is 65.1. The number of carboxylic acids is 1. The summed E-state index contributed by atoms with van der Waals surface area (Å²) in [7, 11) is -16.8. The Morgan fingerprint density at radius 2 is 1.35 bits per heavy atom. The average Bonchev–Trinajstić information content (AvgIpc) is 1.24. The molecule has 506 valence electrons. The number of aliphatic carboxylic acids is 1. The Labute approximate surface area is 621 Å². The molecule has 2 saturated carbocycles. The molecule has 8 N–H and O–H groups in total. The molecule has 43 heteroatoms. The van der Waals surface area contributed by atoms with Gasteiger partial charge in [-0.2, -0.15) is 0 Å². The number of aliphatic hydroxyl groups excluding tert-OH is 5. The van der Waals surface area contributed by atoms with E-state index in [1.165, 1.54) is 13.8 Å². The molecule has 0 aromatic carbocycles. The molecule has 1 aromatic heterocycles. The van der Waals surface area contributed by atoms with Crippen LogP contribution in [0.15, 0.2) is 6.20 Å². The summed E-state index contributed by atoms with van der Waals surface area (Å²) in [5.41, 5.74) is -3.28. The van der Waals surface area contributed by atoms with E-state index in [0.717, 1.165) is 32.1 Å². The summed E-state index contributed by atoms with van der Waals surface area (Å²) in [6, 6.07) is -1.41. The molecule has 3 amide bonds. The number of nitrogens with zero attached hydrogens (tertiary/aromatic N) is 3. The second kappa shape index (κ2) is 42.8. The number of aliphatic hydroxyl groups is 5. The third kappa shape index (κ3) is 29.6. The zero-order valence-electron chi connectivity index (χ0n) is 52.4. The van der Waals surface area contributed by atoms with Crippen LogP contribution in [0.5, 0.6) is 0 Å². The number of rotatable bonds is 37. The normalized spacial score (nSPS) is 27.6. The Morgan fingerprint density at radius 3 is 1.90 bits per heavy atom. The Hall–Kier alpha value is -0.180. The quantitative estimate of drug-likeness (QED) is 0.0133. The van der Waals surface area contributed by atoms with Crippen molar-refractivity contribution in [3.05, 3.63) is 11.9 Å². The van der Waals surface area contributed by atoms with Crippen LogP contribution in [0.4, 0.5) is 0 Å². The maximum atomic E-state index is 14.1. The fourth-order valence-electron chi connectivity index (χ4n) is 10.7. The van der Waals surface area contributed by atoms with Gasteiger partial charge < -0.3 is 98.2 Å². The van der Waals surface area contributed by atoms with Crippen molar-refractivity contribution in [2.45, 2.75) is 183 Å². The van der Waals surface area contributed by atoms with Gasteiger partial charge in [0.05, 0.1) is 89.4 Å². The van der Waals surface area contributed by atoms with E-state index in [9.17, 15) is 93.5 Å². The number of Topliss-reactive ketones (excluding diaryl/α,β-unsaturated/α-hetero) is 1. The summed E-state index contributed by atoms with van der Waals surface area (Å²) in [5, 5.41) is 81.3.